The molecule has 134 valence electrons. The van der Waals surface area contributed by atoms with Crippen LogP contribution in [0.1, 0.15) is 36.2 Å². The summed E-state index contributed by atoms with van der Waals surface area (Å²) in [5, 5.41) is 9.81. The normalized spacial score (nSPS) is 11.7. The minimum atomic E-state index is -0.222. The zero-order valence-electron chi connectivity index (χ0n) is 15.1. The van der Waals surface area contributed by atoms with Gasteiger partial charge in [0.2, 0.25) is 0 Å². The lowest BCUT2D eigenvalue weighted by Crippen LogP contribution is -2.32. The minimum absolute atomic E-state index is 0.110. The van der Waals surface area contributed by atoms with E-state index in [1.807, 2.05) is 27.1 Å². The molecule has 7 heteroatoms. The Labute approximate surface area is 148 Å². The number of hydrogen-bond acceptors (Lipinski definition) is 3. The summed E-state index contributed by atoms with van der Waals surface area (Å²) in [6, 6.07) is 6.76. The molecule has 25 heavy (non-hydrogen) atoms. The molecule has 0 aliphatic rings. The largest absolute Gasteiger partial charge is 0.350 e. The first-order valence-electron chi connectivity index (χ1n) is 8.29. The highest BCUT2D eigenvalue weighted by Crippen LogP contribution is 2.11. The Bertz CT molecular complexity index is 723. The van der Waals surface area contributed by atoms with Crippen molar-refractivity contribution < 1.29 is 9.59 Å². The smallest absolute Gasteiger partial charge is 0.321 e. The molecule has 0 saturated carbocycles. The Hall–Kier alpha value is -2.83. The average molecular weight is 343 g/mol. The van der Waals surface area contributed by atoms with Gasteiger partial charge in [0.05, 0.1) is 12.7 Å². The summed E-state index contributed by atoms with van der Waals surface area (Å²) in [5.74, 6) is -0.110. The number of amides is 3. The second-order valence-corrected chi connectivity index (χ2v) is 6.17. The minimum Gasteiger partial charge on any atom is -0.350 e. The van der Waals surface area contributed by atoms with Gasteiger partial charge in [-0.2, -0.15) is 5.10 Å². The van der Waals surface area contributed by atoms with Crippen LogP contribution >= 0.6 is 0 Å². The molecule has 0 bridgehead atoms. The average Bonchev–Trinajstić information content (AvgIpc) is 3.00. The number of aryl methyl sites for hydroxylation is 1. The fourth-order valence-corrected chi connectivity index (χ4v) is 2.23. The highest BCUT2D eigenvalue weighted by atomic mass is 16.2. The molecule has 7 nitrogen and oxygen atoms in total. The highest BCUT2D eigenvalue weighted by Gasteiger charge is 2.12. The summed E-state index contributed by atoms with van der Waals surface area (Å²) >= 11 is 0. The van der Waals surface area contributed by atoms with Crippen LogP contribution in [0.25, 0.3) is 0 Å². The third kappa shape index (κ3) is 5.34. The number of aromatic nitrogens is 2. The standard InChI is InChI=1S/C18H25N5O2/c1-5-13(2)20-17(24)15-6-8-16(9-7-15)21-18(25)22(3)11-14-10-19-23(4)12-14/h6-10,12-13H,5,11H2,1-4H3,(H,20,24)(H,21,25). The number of rotatable bonds is 6. The lowest BCUT2D eigenvalue weighted by Gasteiger charge is -2.17. The number of nitrogens with one attached hydrogen (secondary N) is 2. The molecule has 0 aliphatic carbocycles. The zero-order valence-corrected chi connectivity index (χ0v) is 15.1. The van der Waals surface area contributed by atoms with E-state index in [-0.39, 0.29) is 18.0 Å². The van der Waals surface area contributed by atoms with Gasteiger partial charge in [0, 0.05) is 43.1 Å². The number of benzene rings is 1. The summed E-state index contributed by atoms with van der Waals surface area (Å²) in [6.45, 7) is 4.45. The predicted octanol–water partition coefficient (Wildman–Crippen LogP) is 2.61. The molecule has 1 unspecified atom stereocenters. The molecule has 2 N–H and O–H groups in total. The number of hydrogen-bond donors (Lipinski definition) is 2. The van der Waals surface area contributed by atoms with Crippen molar-refractivity contribution in [3.63, 3.8) is 0 Å². The molecule has 1 heterocycles. The molecular weight excluding hydrogens is 318 g/mol. The van der Waals surface area contributed by atoms with Crippen molar-refractivity contribution in [1.29, 1.82) is 0 Å². The van der Waals surface area contributed by atoms with Crippen molar-refractivity contribution in [3.05, 3.63) is 47.8 Å². The van der Waals surface area contributed by atoms with E-state index in [1.165, 1.54) is 0 Å². The Morgan fingerprint density at radius 3 is 2.52 bits per heavy atom. The summed E-state index contributed by atoms with van der Waals surface area (Å²) in [4.78, 5) is 25.9. The van der Waals surface area contributed by atoms with Gasteiger partial charge in [0.15, 0.2) is 0 Å². The third-order valence-electron chi connectivity index (χ3n) is 3.91. The molecule has 2 aromatic rings. The maximum absolute atomic E-state index is 12.2. The van der Waals surface area contributed by atoms with Gasteiger partial charge in [-0.3, -0.25) is 9.48 Å². The van der Waals surface area contributed by atoms with Crippen LogP contribution in [0.3, 0.4) is 0 Å². The van der Waals surface area contributed by atoms with E-state index in [1.54, 1.807) is 47.1 Å². The number of carbonyl (C=O) groups is 2. The molecule has 0 spiro atoms. The summed E-state index contributed by atoms with van der Waals surface area (Å²) < 4.78 is 1.70. The monoisotopic (exact) mass is 343 g/mol. The van der Waals surface area contributed by atoms with E-state index in [9.17, 15) is 9.59 Å². The first kappa shape index (κ1) is 18.5. The van der Waals surface area contributed by atoms with E-state index >= 15 is 0 Å². The highest BCUT2D eigenvalue weighted by molar-refractivity contribution is 5.95. The molecule has 1 aromatic carbocycles. The van der Waals surface area contributed by atoms with Crippen LogP contribution in [-0.4, -0.2) is 39.7 Å². The van der Waals surface area contributed by atoms with Crippen LogP contribution in [-0.2, 0) is 13.6 Å². The van der Waals surface area contributed by atoms with Crippen molar-refractivity contribution in [2.45, 2.75) is 32.9 Å². The Morgan fingerprint density at radius 1 is 1.28 bits per heavy atom. The number of urea groups is 1. The van der Waals surface area contributed by atoms with Gasteiger partial charge in [0.25, 0.3) is 5.91 Å². The van der Waals surface area contributed by atoms with Crippen LogP contribution in [0.15, 0.2) is 36.7 Å². The topological polar surface area (TPSA) is 79.3 Å². The molecule has 0 saturated heterocycles. The SMILES string of the molecule is CCC(C)NC(=O)c1ccc(NC(=O)N(C)Cc2cnn(C)c2)cc1. The molecule has 1 aromatic heterocycles. The van der Waals surface area contributed by atoms with Gasteiger partial charge in [-0.15, -0.1) is 0 Å². The summed E-state index contributed by atoms with van der Waals surface area (Å²) in [6.07, 6.45) is 4.48. The van der Waals surface area contributed by atoms with Crippen molar-refractivity contribution in [3.8, 4) is 0 Å². The Morgan fingerprint density at radius 2 is 1.96 bits per heavy atom. The van der Waals surface area contributed by atoms with E-state index in [2.05, 4.69) is 15.7 Å². The third-order valence-corrected chi connectivity index (χ3v) is 3.91. The van der Waals surface area contributed by atoms with E-state index in [0.717, 1.165) is 12.0 Å². The maximum atomic E-state index is 12.2. The molecule has 0 aliphatic heterocycles. The zero-order chi connectivity index (χ0) is 18.4. The van der Waals surface area contributed by atoms with Crippen LogP contribution in [0.5, 0.6) is 0 Å². The lowest BCUT2D eigenvalue weighted by atomic mass is 10.1. The number of carbonyl (C=O) groups excluding carboxylic acids is 2. The fourth-order valence-electron chi connectivity index (χ4n) is 2.23. The van der Waals surface area contributed by atoms with Gasteiger partial charge in [-0.05, 0) is 37.6 Å². The van der Waals surface area contributed by atoms with Crippen LogP contribution in [0, 0.1) is 0 Å². The first-order valence-corrected chi connectivity index (χ1v) is 8.29. The summed E-state index contributed by atoms with van der Waals surface area (Å²) in [7, 11) is 3.55. The molecule has 0 radical (unpaired) electrons. The molecule has 0 fully saturated rings. The maximum Gasteiger partial charge on any atom is 0.321 e. The first-order chi connectivity index (χ1) is 11.9. The molecule has 3 amide bonds. The van der Waals surface area contributed by atoms with Crippen LogP contribution in [0.2, 0.25) is 0 Å². The predicted molar refractivity (Wildman–Crippen MR) is 97.4 cm³/mol. The van der Waals surface area contributed by atoms with Gasteiger partial charge in [-0.1, -0.05) is 6.92 Å². The fraction of sp³-hybridized carbons (Fsp3) is 0.389. The second kappa shape index (κ2) is 8.32. The Kier molecular flexibility index (Phi) is 6.16. The number of anilines is 1. The van der Waals surface area contributed by atoms with E-state index in [4.69, 9.17) is 0 Å². The molecular formula is C18H25N5O2. The lowest BCUT2D eigenvalue weighted by molar-refractivity contribution is 0.0939. The van der Waals surface area contributed by atoms with E-state index in [0.29, 0.717) is 17.8 Å². The Balaban J connectivity index is 1.91. The van der Waals surface area contributed by atoms with Gasteiger partial charge < -0.3 is 15.5 Å². The summed E-state index contributed by atoms with van der Waals surface area (Å²) in [5.41, 5.74) is 2.17. The van der Waals surface area contributed by atoms with Gasteiger partial charge >= 0.3 is 6.03 Å². The molecule has 1 atom stereocenters. The van der Waals surface area contributed by atoms with Crippen molar-refractivity contribution in [2.75, 3.05) is 12.4 Å². The van der Waals surface area contributed by atoms with Crippen molar-refractivity contribution >= 4 is 17.6 Å². The quantitative estimate of drug-likeness (QED) is 0.846. The molecule has 2 rings (SSSR count). The van der Waals surface area contributed by atoms with Crippen LogP contribution in [0.4, 0.5) is 10.5 Å². The number of nitrogens with zero attached hydrogens (tertiary/aromatic N) is 3. The van der Waals surface area contributed by atoms with Crippen molar-refractivity contribution in [2.24, 2.45) is 7.05 Å². The van der Waals surface area contributed by atoms with Gasteiger partial charge in [-0.25, -0.2) is 4.79 Å². The van der Waals surface area contributed by atoms with Gasteiger partial charge in [0.1, 0.15) is 0 Å². The van der Waals surface area contributed by atoms with E-state index < -0.39 is 0 Å². The van der Waals surface area contributed by atoms with Crippen LogP contribution < -0.4 is 10.6 Å². The second-order valence-electron chi connectivity index (χ2n) is 6.17. The van der Waals surface area contributed by atoms with Crippen molar-refractivity contribution in [1.82, 2.24) is 20.0 Å².